The second-order valence-electron chi connectivity index (χ2n) is 8.78. The van der Waals surface area contributed by atoms with Gasteiger partial charge < -0.3 is 25.6 Å². The summed E-state index contributed by atoms with van der Waals surface area (Å²) in [6, 6.07) is 16.0. The summed E-state index contributed by atoms with van der Waals surface area (Å²) in [4.78, 5) is 35.8. The van der Waals surface area contributed by atoms with Crippen LogP contribution in [-0.4, -0.2) is 52.5 Å². The third-order valence-electron chi connectivity index (χ3n) is 6.03. The fraction of sp³-hybridized carbons (Fsp3) is 0.375. The van der Waals surface area contributed by atoms with E-state index in [0.29, 0.717) is 12.8 Å². The number of fused-ring (bicyclic) bond motifs is 3. The van der Waals surface area contributed by atoms with Crippen LogP contribution in [0.2, 0.25) is 0 Å². The number of carbonyl (C=O) groups excluding carboxylic acids is 2. The van der Waals surface area contributed by atoms with Gasteiger partial charge in [0.25, 0.3) is 0 Å². The molecule has 8 nitrogen and oxygen atoms in total. The van der Waals surface area contributed by atoms with Gasteiger partial charge in [0.05, 0.1) is 12.0 Å². The van der Waals surface area contributed by atoms with Gasteiger partial charge in [-0.2, -0.15) is 0 Å². The lowest BCUT2D eigenvalue weighted by molar-refractivity contribution is -0.142. The molecule has 0 spiro atoms. The van der Waals surface area contributed by atoms with Gasteiger partial charge in [-0.25, -0.2) is 4.79 Å². The first-order chi connectivity index (χ1) is 15.2. The molecule has 1 unspecified atom stereocenters. The molecule has 1 saturated carbocycles. The van der Waals surface area contributed by atoms with Crippen molar-refractivity contribution >= 4 is 18.0 Å². The van der Waals surface area contributed by atoms with Crippen LogP contribution >= 0.6 is 0 Å². The first-order valence-corrected chi connectivity index (χ1v) is 10.6. The molecule has 0 aliphatic heterocycles. The molecule has 1 atom stereocenters. The summed E-state index contributed by atoms with van der Waals surface area (Å²) in [5, 5.41) is 24.1. The smallest absolute Gasteiger partial charge is 0.408 e. The number of benzene rings is 2. The quantitative estimate of drug-likeness (QED) is 0.502. The molecule has 2 amide bonds. The lowest BCUT2D eigenvalue weighted by Gasteiger charge is -2.24. The molecule has 2 aromatic carbocycles. The summed E-state index contributed by atoms with van der Waals surface area (Å²) in [7, 11) is 0. The van der Waals surface area contributed by atoms with Crippen LogP contribution in [0.3, 0.4) is 0 Å². The number of rotatable bonds is 8. The van der Waals surface area contributed by atoms with Crippen molar-refractivity contribution in [1.29, 1.82) is 0 Å². The predicted molar refractivity (Wildman–Crippen MR) is 116 cm³/mol. The summed E-state index contributed by atoms with van der Waals surface area (Å²) in [5.41, 5.74) is 1.79. The van der Waals surface area contributed by atoms with Crippen molar-refractivity contribution in [2.24, 2.45) is 0 Å². The van der Waals surface area contributed by atoms with Crippen molar-refractivity contribution in [1.82, 2.24) is 10.6 Å². The molecule has 0 radical (unpaired) electrons. The minimum Gasteiger partial charge on any atom is -0.481 e. The van der Waals surface area contributed by atoms with E-state index < -0.39 is 35.5 Å². The Morgan fingerprint density at radius 2 is 1.62 bits per heavy atom. The van der Waals surface area contributed by atoms with Gasteiger partial charge in [0.2, 0.25) is 5.91 Å². The fourth-order valence-corrected chi connectivity index (χ4v) is 4.19. The molecule has 2 aromatic rings. The standard InChI is InChI=1S/C24H26N2O6/c1-23(31,12-20(27)28)14-25-21(29)24(10-11-24)26-22(30)32-13-19-17-8-4-2-6-15(17)16-7-3-5-9-18(16)19/h2-9,19,31H,10-14H2,1H3,(H,25,29)(H,26,30)(H,27,28). The zero-order chi connectivity index (χ0) is 22.9. The van der Waals surface area contributed by atoms with E-state index in [1.165, 1.54) is 6.92 Å². The Kier molecular flexibility index (Phi) is 5.64. The molecule has 32 heavy (non-hydrogen) atoms. The van der Waals surface area contributed by atoms with Gasteiger partial charge in [0.15, 0.2) is 0 Å². The van der Waals surface area contributed by atoms with Crippen LogP contribution in [-0.2, 0) is 14.3 Å². The molecule has 0 saturated heterocycles. The second-order valence-corrected chi connectivity index (χ2v) is 8.78. The third-order valence-corrected chi connectivity index (χ3v) is 6.03. The van der Waals surface area contributed by atoms with Crippen LogP contribution < -0.4 is 10.6 Å². The Bertz CT molecular complexity index is 1010. The average Bonchev–Trinajstić information content (AvgIpc) is 3.45. The second kappa shape index (κ2) is 8.27. The first kappa shape index (κ1) is 21.8. The maximum Gasteiger partial charge on any atom is 0.408 e. The lowest BCUT2D eigenvalue weighted by atomic mass is 9.98. The molecule has 168 valence electrons. The van der Waals surface area contributed by atoms with Crippen molar-refractivity contribution in [3.8, 4) is 11.1 Å². The maximum atomic E-state index is 12.5. The number of hydrogen-bond donors (Lipinski definition) is 4. The van der Waals surface area contributed by atoms with Gasteiger partial charge in [-0.1, -0.05) is 48.5 Å². The molecule has 2 aliphatic rings. The molecule has 8 heteroatoms. The van der Waals surface area contributed by atoms with Crippen LogP contribution in [0, 0.1) is 0 Å². The van der Waals surface area contributed by atoms with Crippen LogP contribution in [0.25, 0.3) is 11.1 Å². The van der Waals surface area contributed by atoms with Crippen molar-refractivity contribution in [3.05, 3.63) is 59.7 Å². The minimum atomic E-state index is -1.58. The van der Waals surface area contributed by atoms with E-state index in [1.54, 1.807) is 0 Å². The molecule has 4 N–H and O–H groups in total. The highest BCUT2D eigenvalue weighted by molar-refractivity contribution is 5.93. The van der Waals surface area contributed by atoms with Crippen molar-refractivity contribution < 1.29 is 29.3 Å². The summed E-state index contributed by atoms with van der Waals surface area (Å²) in [6.45, 7) is 1.25. The van der Waals surface area contributed by atoms with E-state index in [9.17, 15) is 19.5 Å². The van der Waals surface area contributed by atoms with E-state index >= 15 is 0 Å². The van der Waals surface area contributed by atoms with Crippen molar-refractivity contribution in [3.63, 3.8) is 0 Å². The van der Waals surface area contributed by atoms with Crippen molar-refractivity contribution in [2.45, 2.75) is 43.2 Å². The number of alkyl carbamates (subject to hydrolysis) is 1. The topological polar surface area (TPSA) is 125 Å². The summed E-state index contributed by atoms with van der Waals surface area (Å²) in [5.74, 6) is -1.71. The molecule has 4 rings (SSSR count). The SMILES string of the molecule is CC(O)(CNC(=O)C1(NC(=O)OCC2c3ccccc3-c3ccccc32)CC1)CC(=O)O. The number of ether oxygens (including phenoxy) is 1. The molecule has 0 aromatic heterocycles. The van der Waals surface area contributed by atoms with Gasteiger partial charge in [-0.05, 0) is 42.0 Å². The van der Waals surface area contributed by atoms with Gasteiger partial charge >= 0.3 is 12.1 Å². The van der Waals surface area contributed by atoms with Gasteiger partial charge in [0.1, 0.15) is 12.1 Å². The Labute approximate surface area is 185 Å². The van der Waals surface area contributed by atoms with Gasteiger partial charge in [0, 0.05) is 12.5 Å². The van der Waals surface area contributed by atoms with Gasteiger partial charge in [-0.3, -0.25) is 9.59 Å². The maximum absolute atomic E-state index is 12.5. The molecule has 1 fully saturated rings. The highest BCUT2D eigenvalue weighted by atomic mass is 16.5. The van der Waals surface area contributed by atoms with E-state index in [0.717, 1.165) is 22.3 Å². The zero-order valence-electron chi connectivity index (χ0n) is 17.8. The van der Waals surface area contributed by atoms with Gasteiger partial charge in [-0.15, -0.1) is 0 Å². The zero-order valence-corrected chi connectivity index (χ0v) is 17.8. The van der Waals surface area contributed by atoms with E-state index in [1.807, 2.05) is 36.4 Å². The third kappa shape index (κ3) is 4.45. The number of hydrogen-bond acceptors (Lipinski definition) is 5. The fourth-order valence-electron chi connectivity index (χ4n) is 4.19. The number of carboxylic acid groups (broad SMARTS) is 1. The highest BCUT2D eigenvalue weighted by Gasteiger charge is 2.52. The lowest BCUT2D eigenvalue weighted by Crippen LogP contribution is -2.52. The van der Waals surface area contributed by atoms with Crippen LogP contribution in [0.5, 0.6) is 0 Å². The number of carboxylic acids is 1. The van der Waals surface area contributed by atoms with E-state index in [-0.39, 0.29) is 19.1 Å². The van der Waals surface area contributed by atoms with Crippen molar-refractivity contribution in [2.75, 3.05) is 13.2 Å². The Hall–Kier alpha value is -3.39. The first-order valence-electron chi connectivity index (χ1n) is 10.6. The normalized spacial score (nSPS) is 17.4. The molecule has 2 aliphatic carbocycles. The molecular weight excluding hydrogens is 412 g/mol. The molecule has 0 bridgehead atoms. The van der Waals surface area contributed by atoms with E-state index in [2.05, 4.69) is 22.8 Å². The predicted octanol–water partition coefficient (Wildman–Crippen LogP) is 2.40. The number of carbonyl (C=O) groups is 3. The average molecular weight is 438 g/mol. The number of amides is 2. The largest absolute Gasteiger partial charge is 0.481 e. The summed E-state index contributed by atoms with van der Waals surface area (Å²) < 4.78 is 5.51. The Morgan fingerprint density at radius 1 is 1.06 bits per heavy atom. The van der Waals surface area contributed by atoms with Crippen LogP contribution in [0.15, 0.2) is 48.5 Å². The minimum absolute atomic E-state index is 0.0803. The number of aliphatic hydroxyl groups is 1. The highest BCUT2D eigenvalue weighted by Crippen LogP contribution is 2.44. The number of aliphatic carboxylic acids is 1. The Balaban J connectivity index is 1.34. The monoisotopic (exact) mass is 438 g/mol. The molecular formula is C24H26N2O6. The summed E-state index contributed by atoms with van der Waals surface area (Å²) >= 11 is 0. The number of nitrogens with one attached hydrogen (secondary N) is 2. The van der Waals surface area contributed by atoms with E-state index in [4.69, 9.17) is 9.84 Å². The van der Waals surface area contributed by atoms with Crippen LogP contribution in [0.4, 0.5) is 4.79 Å². The Morgan fingerprint density at radius 3 is 2.16 bits per heavy atom. The van der Waals surface area contributed by atoms with Crippen LogP contribution in [0.1, 0.15) is 43.2 Å². The summed E-state index contributed by atoms with van der Waals surface area (Å²) in [6.07, 6.45) is -0.286. The molecule has 0 heterocycles.